The van der Waals surface area contributed by atoms with Crippen molar-refractivity contribution in [2.75, 3.05) is 0 Å². The van der Waals surface area contributed by atoms with Crippen LogP contribution in [0.1, 0.15) is 26.2 Å². The van der Waals surface area contributed by atoms with Crippen LogP contribution in [0.4, 0.5) is 8.78 Å². The van der Waals surface area contributed by atoms with Gasteiger partial charge in [-0.1, -0.05) is 13.3 Å². The number of halogens is 2. The summed E-state index contributed by atoms with van der Waals surface area (Å²) >= 11 is 0. The second-order valence-electron chi connectivity index (χ2n) is 2.29. The first-order chi connectivity index (χ1) is 4.72. The Morgan fingerprint density at radius 2 is 2.10 bits per heavy atom. The first-order valence-electron chi connectivity index (χ1n) is 3.44. The highest BCUT2D eigenvalue weighted by Gasteiger charge is 2.17. The fraction of sp³-hybridized carbons (Fsp3) is 0.857. The van der Waals surface area contributed by atoms with Crippen molar-refractivity contribution in [3.63, 3.8) is 0 Å². The van der Waals surface area contributed by atoms with E-state index in [0.717, 1.165) is 0 Å². The predicted molar refractivity (Wildman–Crippen MR) is 35.1 cm³/mol. The molecule has 0 rings (SSSR count). The number of carbonyl (C=O) groups excluding carboxylic acids is 1. The van der Waals surface area contributed by atoms with Crippen LogP contribution in [-0.2, 0) is 4.79 Å². The second-order valence-corrected chi connectivity index (χ2v) is 2.29. The van der Waals surface area contributed by atoms with Gasteiger partial charge >= 0.3 is 0 Å². The molecule has 0 spiro atoms. The summed E-state index contributed by atoms with van der Waals surface area (Å²) in [4.78, 5) is 9.86. The number of aldehydes is 1. The Morgan fingerprint density at radius 3 is 2.40 bits per heavy atom. The first-order valence-corrected chi connectivity index (χ1v) is 3.44. The molecule has 1 atom stereocenters. The Balaban J connectivity index is 3.60. The van der Waals surface area contributed by atoms with Crippen LogP contribution < -0.4 is 0 Å². The highest BCUT2D eigenvalue weighted by molar-refractivity contribution is 5.49. The molecule has 0 saturated carbocycles. The molecule has 0 aliphatic rings. The standard InChI is InChI=1S/C7H12F2O/c1-2-3-6(4-5-10)7(8)9/h5-7H,2-4H2,1H3. The van der Waals surface area contributed by atoms with Gasteiger partial charge in [-0.05, 0) is 6.42 Å². The molecule has 0 bridgehead atoms. The van der Waals surface area contributed by atoms with E-state index in [4.69, 9.17) is 0 Å². The van der Waals surface area contributed by atoms with Crippen molar-refractivity contribution in [2.45, 2.75) is 32.6 Å². The highest BCUT2D eigenvalue weighted by Crippen LogP contribution is 2.18. The maximum atomic E-state index is 11.9. The summed E-state index contributed by atoms with van der Waals surface area (Å²) in [5.74, 6) is -0.720. The average Bonchev–Trinajstić information content (AvgIpc) is 1.87. The topological polar surface area (TPSA) is 17.1 Å². The first kappa shape index (κ1) is 9.53. The van der Waals surface area contributed by atoms with Gasteiger partial charge in [0, 0.05) is 12.3 Å². The minimum absolute atomic E-state index is 0.00843. The van der Waals surface area contributed by atoms with Gasteiger partial charge in [0.05, 0.1) is 0 Å². The summed E-state index contributed by atoms with van der Waals surface area (Å²) in [6, 6.07) is 0. The molecule has 10 heavy (non-hydrogen) atoms. The van der Waals surface area contributed by atoms with Gasteiger partial charge in [-0.15, -0.1) is 0 Å². The van der Waals surface area contributed by atoms with E-state index in [0.29, 0.717) is 19.1 Å². The summed E-state index contributed by atoms with van der Waals surface area (Å²) in [6.07, 6.45) is -0.637. The molecule has 0 heterocycles. The van der Waals surface area contributed by atoms with Crippen LogP contribution in [0.2, 0.25) is 0 Å². The van der Waals surface area contributed by atoms with Crippen LogP contribution in [0, 0.1) is 5.92 Å². The number of carbonyl (C=O) groups is 1. The van der Waals surface area contributed by atoms with Gasteiger partial charge < -0.3 is 4.79 Å². The molecule has 1 nitrogen and oxygen atoms in total. The molecule has 60 valence electrons. The zero-order valence-electron chi connectivity index (χ0n) is 6.02. The molecule has 0 aromatic rings. The number of hydrogen-bond acceptors (Lipinski definition) is 1. The van der Waals surface area contributed by atoms with Crippen molar-refractivity contribution in [2.24, 2.45) is 5.92 Å². The monoisotopic (exact) mass is 150 g/mol. The zero-order valence-corrected chi connectivity index (χ0v) is 6.02. The molecule has 0 radical (unpaired) electrons. The lowest BCUT2D eigenvalue weighted by Crippen LogP contribution is -2.11. The second kappa shape index (κ2) is 5.33. The Morgan fingerprint density at radius 1 is 1.50 bits per heavy atom. The van der Waals surface area contributed by atoms with Gasteiger partial charge in [0.2, 0.25) is 6.43 Å². The van der Waals surface area contributed by atoms with Crippen LogP contribution in [0.15, 0.2) is 0 Å². The van der Waals surface area contributed by atoms with Crippen LogP contribution in [-0.4, -0.2) is 12.7 Å². The molecule has 1 unspecified atom stereocenters. The van der Waals surface area contributed by atoms with Crippen molar-refractivity contribution in [1.29, 1.82) is 0 Å². The van der Waals surface area contributed by atoms with Gasteiger partial charge in [0.15, 0.2) is 0 Å². The smallest absolute Gasteiger partial charge is 0.241 e. The molecule has 0 aromatic heterocycles. The van der Waals surface area contributed by atoms with E-state index in [-0.39, 0.29) is 6.42 Å². The van der Waals surface area contributed by atoms with Crippen molar-refractivity contribution < 1.29 is 13.6 Å². The van der Waals surface area contributed by atoms with Crippen molar-refractivity contribution >= 4 is 6.29 Å². The molecular weight excluding hydrogens is 138 g/mol. The minimum Gasteiger partial charge on any atom is -0.303 e. The summed E-state index contributed by atoms with van der Waals surface area (Å²) in [5, 5.41) is 0. The minimum atomic E-state index is -2.34. The summed E-state index contributed by atoms with van der Waals surface area (Å²) in [7, 11) is 0. The zero-order chi connectivity index (χ0) is 7.98. The van der Waals surface area contributed by atoms with Gasteiger partial charge in [-0.3, -0.25) is 0 Å². The third-order valence-corrected chi connectivity index (χ3v) is 1.41. The van der Waals surface area contributed by atoms with E-state index in [1.54, 1.807) is 0 Å². The fourth-order valence-electron chi connectivity index (χ4n) is 0.841. The van der Waals surface area contributed by atoms with E-state index in [2.05, 4.69) is 0 Å². The Bertz CT molecular complexity index is 93.6. The van der Waals surface area contributed by atoms with Crippen LogP contribution in [0.3, 0.4) is 0 Å². The van der Waals surface area contributed by atoms with Crippen LogP contribution in [0.5, 0.6) is 0 Å². The summed E-state index contributed by atoms with van der Waals surface area (Å²) < 4.78 is 23.8. The van der Waals surface area contributed by atoms with E-state index >= 15 is 0 Å². The Labute approximate surface area is 59.4 Å². The number of hydrogen-bond donors (Lipinski definition) is 0. The third kappa shape index (κ3) is 3.54. The summed E-state index contributed by atoms with van der Waals surface area (Å²) in [5.41, 5.74) is 0. The van der Waals surface area contributed by atoms with Crippen molar-refractivity contribution in [3.05, 3.63) is 0 Å². The van der Waals surface area contributed by atoms with E-state index < -0.39 is 12.3 Å². The quantitative estimate of drug-likeness (QED) is 0.549. The molecule has 0 amide bonds. The molecule has 3 heteroatoms. The van der Waals surface area contributed by atoms with Crippen molar-refractivity contribution in [1.82, 2.24) is 0 Å². The Kier molecular flexibility index (Phi) is 5.08. The maximum Gasteiger partial charge on any atom is 0.241 e. The predicted octanol–water partition coefficient (Wildman–Crippen LogP) is 2.26. The normalized spacial score (nSPS) is 13.6. The van der Waals surface area contributed by atoms with Crippen LogP contribution >= 0.6 is 0 Å². The molecule has 0 aliphatic carbocycles. The summed E-state index contributed by atoms with van der Waals surface area (Å²) in [6.45, 7) is 1.83. The van der Waals surface area contributed by atoms with E-state index in [1.807, 2.05) is 6.92 Å². The lowest BCUT2D eigenvalue weighted by Gasteiger charge is -2.10. The molecule has 0 saturated heterocycles. The number of alkyl halides is 2. The average molecular weight is 150 g/mol. The molecular formula is C7H12F2O. The van der Waals surface area contributed by atoms with E-state index in [9.17, 15) is 13.6 Å². The molecule has 0 aromatic carbocycles. The fourth-order valence-corrected chi connectivity index (χ4v) is 0.841. The van der Waals surface area contributed by atoms with Crippen LogP contribution in [0.25, 0.3) is 0 Å². The molecule has 0 aliphatic heterocycles. The third-order valence-electron chi connectivity index (χ3n) is 1.41. The lowest BCUT2D eigenvalue weighted by atomic mass is 10.0. The SMILES string of the molecule is CCCC(CC=O)C(F)F. The van der Waals surface area contributed by atoms with Gasteiger partial charge in [0.1, 0.15) is 6.29 Å². The maximum absolute atomic E-state index is 11.9. The number of rotatable bonds is 5. The lowest BCUT2D eigenvalue weighted by molar-refractivity contribution is -0.110. The van der Waals surface area contributed by atoms with E-state index in [1.165, 1.54) is 0 Å². The highest BCUT2D eigenvalue weighted by atomic mass is 19.3. The van der Waals surface area contributed by atoms with Gasteiger partial charge in [-0.2, -0.15) is 0 Å². The molecule has 0 N–H and O–H groups in total. The Hall–Kier alpha value is -0.470. The van der Waals surface area contributed by atoms with Crippen molar-refractivity contribution in [3.8, 4) is 0 Å². The molecule has 0 fully saturated rings. The van der Waals surface area contributed by atoms with Gasteiger partial charge in [0.25, 0.3) is 0 Å². The largest absolute Gasteiger partial charge is 0.303 e. The van der Waals surface area contributed by atoms with Gasteiger partial charge in [-0.25, -0.2) is 8.78 Å².